The van der Waals surface area contributed by atoms with Crippen LogP contribution in [0.2, 0.25) is 0 Å². The monoisotopic (exact) mass is 638 g/mol. The molecule has 0 bridgehead atoms. The second-order valence-corrected chi connectivity index (χ2v) is 23.9. The number of para-hydroxylation sites is 2. The average molecular weight is 639 g/mol. The van der Waals surface area contributed by atoms with Gasteiger partial charge in [0.2, 0.25) is 0 Å². The summed E-state index contributed by atoms with van der Waals surface area (Å²) in [6.45, 7) is 0. The molecule has 0 spiro atoms. The van der Waals surface area contributed by atoms with Gasteiger partial charge in [-0.1, -0.05) is 191 Å². The number of furan rings is 1. The van der Waals surface area contributed by atoms with Gasteiger partial charge < -0.3 is 4.42 Å². The minimum Gasteiger partial charge on any atom is -0.456 e. The summed E-state index contributed by atoms with van der Waals surface area (Å²) in [5, 5.41) is 10.9. The van der Waals surface area contributed by atoms with Crippen molar-refractivity contribution in [3.8, 4) is 0 Å². The topological polar surface area (TPSA) is 13.1 Å². The highest BCUT2D eigenvalue weighted by atomic mass is 32.2. The summed E-state index contributed by atoms with van der Waals surface area (Å²) in [5.74, 6) is 0. The van der Waals surface area contributed by atoms with Gasteiger partial charge in [-0.15, -0.1) is 0 Å². The van der Waals surface area contributed by atoms with Crippen molar-refractivity contribution in [2.45, 2.75) is 9.79 Å². The highest BCUT2D eigenvalue weighted by Gasteiger charge is 2.64. The molecule has 4 heteroatoms. The van der Waals surface area contributed by atoms with Gasteiger partial charge in [0.1, 0.15) is 11.2 Å². The summed E-state index contributed by atoms with van der Waals surface area (Å²) < 4.78 is 7.03. The van der Waals surface area contributed by atoms with Crippen molar-refractivity contribution in [3.05, 3.63) is 182 Å². The van der Waals surface area contributed by atoms with Crippen LogP contribution in [-0.2, 0) is 0 Å². The number of fused-ring (bicyclic) bond motifs is 5. The maximum atomic E-state index is 7.03. The molecule has 0 aliphatic carbocycles. The molecule has 0 fully saturated rings. The van der Waals surface area contributed by atoms with Crippen molar-refractivity contribution in [1.82, 2.24) is 0 Å². The van der Waals surface area contributed by atoms with E-state index in [4.69, 9.17) is 4.42 Å². The van der Waals surface area contributed by atoms with Crippen LogP contribution < -0.4 is 31.1 Å². The predicted molar refractivity (Wildman–Crippen MR) is 199 cm³/mol. The van der Waals surface area contributed by atoms with Crippen molar-refractivity contribution in [2.75, 3.05) is 0 Å². The van der Waals surface area contributed by atoms with E-state index in [0.29, 0.717) is 0 Å². The van der Waals surface area contributed by atoms with E-state index in [1.54, 1.807) is 0 Å². The van der Waals surface area contributed by atoms with E-state index in [1.807, 2.05) is 11.8 Å². The van der Waals surface area contributed by atoms with Gasteiger partial charge in [-0.3, -0.25) is 0 Å². The number of hydrogen-bond acceptors (Lipinski definition) is 2. The predicted octanol–water partition coefficient (Wildman–Crippen LogP) is 6.77. The van der Waals surface area contributed by atoms with Gasteiger partial charge in [0.25, 0.3) is 0 Å². The standard InChI is InChI=1S/C42H30OSSi2/c1-4-17-31(18-5-1)45(32-19-6-2-7-20-32,41-30-16-24-35-34-23-10-11-25-36(34)43-42(35)41)46(33-21-8-3-9-22-33)39-28-14-12-26-37(39)44-38-27-13-15-29-40(38)46/h1-30H. The lowest BCUT2D eigenvalue weighted by molar-refractivity contribution is 0.671. The molecule has 1 aliphatic rings. The van der Waals surface area contributed by atoms with E-state index in [-0.39, 0.29) is 0 Å². The third-order valence-corrected chi connectivity index (χ3v) is 28.1. The fourth-order valence-corrected chi connectivity index (χ4v) is 30.7. The lowest BCUT2D eigenvalue weighted by Crippen LogP contribution is -2.94. The van der Waals surface area contributed by atoms with Crippen LogP contribution >= 0.6 is 11.8 Å². The lowest BCUT2D eigenvalue weighted by atomic mass is 10.1. The van der Waals surface area contributed by atoms with Crippen molar-refractivity contribution in [2.24, 2.45) is 0 Å². The van der Waals surface area contributed by atoms with Crippen LogP contribution in [0, 0.1) is 0 Å². The van der Waals surface area contributed by atoms with Crippen LogP contribution in [0.3, 0.4) is 0 Å². The van der Waals surface area contributed by atoms with Crippen LogP contribution in [0.25, 0.3) is 21.9 Å². The zero-order valence-electron chi connectivity index (χ0n) is 25.1. The van der Waals surface area contributed by atoms with Gasteiger partial charge in [0.05, 0.1) is 0 Å². The Hall–Kier alpha value is -4.88. The zero-order chi connectivity index (χ0) is 30.6. The first-order chi connectivity index (χ1) is 22.8. The Balaban J connectivity index is 1.61. The molecular formula is C42H30OSSi2. The maximum Gasteiger partial charge on any atom is 0.159 e. The van der Waals surface area contributed by atoms with Crippen molar-refractivity contribution < 1.29 is 4.42 Å². The summed E-state index contributed by atoms with van der Waals surface area (Å²) in [6.07, 6.45) is 0. The summed E-state index contributed by atoms with van der Waals surface area (Å²) in [6, 6.07) is 68.3. The minimum atomic E-state index is -3.11. The molecule has 0 atom stereocenters. The molecule has 218 valence electrons. The van der Waals surface area contributed by atoms with E-state index in [1.165, 1.54) is 51.7 Å². The normalized spacial score (nSPS) is 13.7. The molecule has 2 heterocycles. The van der Waals surface area contributed by atoms with Crippen molar-refractivity contribution in [3.63, 3.8) is 0 Å². The first kappa shape index (κ1) is 27.4. The van der Waals surface area contributed by atoms with E-state index in [0.717, 1.165) is 11.2 Å². The molecule has 0 unspecified atom stereocenters. The number of benzene rings is 7. The van der Waals surface area contributed by atoms with Gasteiger partial charge in [-0.25, -0.2) is 0 Å². The van der Waals surface area contributed by atoms with Crippen molar-refractivity contribution in [1.29, 1.82) is 0 Å². The highest BCUT2D eigenvalue weighted by molar-refractivity contribution is 8.00. The molecular weight excluding hydrogens is 609 g/mol. The summed E-state index contributed by atoms with van der Waals surface area (Å²) in [5.41, 5.74) is 1.95. The van der Waals surface area contributed by atoms with Gasteiger partial charge in [-0.2, -0.15) is 0 Å². The number of rotatable bonds is 5. The van der Waals surface area contributed by atoms with Gasteiger partial charge in [0.15, 0.2) is 15.2 Å². The minimum absolute atomic E-state index is 0.935. The van der Waals surface area contributed by atoms with Gasteiger partial charge in [0, 0.05) is 20.6 Å². The van der Waals surface area contributed by atoms with Crippen LogP contribution in [-0.4, -0.2) is 15.2 Å². The second-order valence-electron chi connectivity index (χ2n) is 12.0. The molecule has 1 aliphatic heterocycles. The highest BCUT2D eigenvalue weighted by Crippen LogP contribution is 2.38. The first-order valence-electron chi connectivity index (χ1n) is 15.8. The SMILES string of the molecule is c1ccc([Si]2([Si](c3ccccc3)(c3ccccc3)c3cccc4c3oc3ccccc34)c3ccccc3Sc3ccccc32)cc1. The number of hydrogen-bond donors (Lipinski definition) is 0. The molecule has 0 saturated carbocycles. The van der Waals surface area contributed by atoms with E-state index in [2.05, 4.69) is 182 Å². The molecule has 9 rings (SSSR count). The van der Waals surface area contributed by atoms with Crippen LogP contribution in [0.15, 0.2) is 196 Å². The Morgan fingerprint density at radius 3 is 1.57 bits per heavy atom. The van der Waals surface area contributed by atoms with E-state index < -0.39 is 15.2 Å². The average Bonchev–Trinajstić information content (AvgIpc) is 3.52. The molecule has 0 N–H and O–H groups in total. The van der Waals surface area contributed by atoms with Crippen LogP contribution in [0.1, 0.15) is 0 Å². The van der Waals surface area contributed by atoms with Crippen LogP contribution in [0.5, 0.6) is 0 Å². The van der Waals surface area contributed by atoms with Crippen molar-refractivity contribution >= 4 is 80.0 Å². The largest absolute Gasteiger partial charge is 0.456 e. The molecule has 8 aromatic rings. The Morgan fingerprint density at radius 2 is 0.935 bits per heavy atom. The molecule has 7 aromatic carbocycles. The lowest BCUT2D eigenvalue weighted by Gasteiger charge is -2.52. The fraction of sp³-hybridized carbons (Fsp3) is 0. The fourth-order valence-electron chi connectivity index (χ4n) is 8.15. The first-order valence-corrected chi connectivity index (χ1v) is 21.6. The molecule has 1 nitrogen and oxygen atoms in total. The third-order valence-electron chi connectivity index (χ3n) is 9.79. The van der Waals surface area contributed by atoms with Crippen LogP contribution in [0.4, 0.5) is 0 Å². The quantitative estimate of drug-likeness (QED) is 0.153. The van der Waals surface area contributed by atoms with E-state index in [9.17, 15) is 0 Å². The molecule has 0 saturated heterocycles. The smallest absolute Gasteiger partial charge is 0.159 e. The Kier molecular flexibility index (Phi) is 6.49. The van der Waals surface area contributed by atoms with Gasteiger partial charge in [-0.05, 0) is 33.8 Å². The molecule has 1 aromatic heterocycles. The zero-order valence-corrected chi connectivity index (χ0v) is 28.0. The molecule has 46 heavy (non-hydrogen) atoms. The second kappa shape index (κ2) is 10.9. The Morgan fingerprint density at radius 1 is 0.435 bits per heavy atom. The molecule has 0 amide bonds. The summed E-state index contributed by atoms with van der Waals surface area (Å²) >= 11 is 1.92. The summed E-state index contributed by atoms with van der Waals surface area (Å²) in [4.78, 5) is 2.72. The molecule has 0 radical (unpaired) electrons. The third kappa shape index (κ3) is 3.75. The maximum absolute atomic E-state index is 7.03. The Labute approximate surface area is 275 Å². The summed E-state index contributed by atoms with van der Waals surface area (Å²) in [7, 11) is -6.12. The Bertz CT molecular complexity index is 2260. The van der Waals surface area contributed by atoms with E-state index >= 15 is 0 Å². The van der Waals surface area contributed by atoms with Gasteiger partial charge >= 0.3 is 0 Å².